The fourth-order valence-corrected chi connectivity index (χ4v) is 3.46. The largest absolute Gasteiger partial charge is 0.295 e. The van der Waals surface area contributed by atoms with Crippen LogP contribution in [-0.4, -0.2) is 5.78 Å². The second-order valence-electron chi connectivity index (χ2n) is 7.32. The third kappa shape index (κ3) is 7.78. The lowest BCUT2D eigenvalue weighted by Crippen LogP contribution is -2.17. The zero-order chi connectivity index (χ0) is 24.2. The Hall–Kier alpha value is -2.41. The molecule has 1 nitrogen and oxygen atoms in total. The van der Waals surface area contributed by atoms with Crippen molar-refractivity contribution in [2.45, 2.75) is 82.1 Å². The third-order valence-corrected chi connectivity index (χ3v) is 4.84. The number of Topliss-reactive ketones (excluding diaryl/α,β-unsaturated/α-hetero) is 1. The number of hydrogen-bond acceptors (Lipinski definition) is 1. The van der Waals surface area contributed by atoms with E-state index in [1.54, 1.807) is 6.92 Å². The lowest BCUT2D eigenvalue weighted by molar-refractivity contribution is -0.113. The van der Waals surface area contributed by atoms with Crippen LogP contribution in [0.3, 0.4) is 0 Å². The molecule has 0 saturated carbocycles. The normalized spacial score (nSPS) is 11.4. The van der Waals surface area contributed by atoms with Gasteiger partial charge in [0.2, 0.25) is 0 Å². The van der Waals surface area contributed by atoms with Crippen LogP contribution in [0.4, 0.5) is 0 Å². The number of rotatable bonds is 7. The van der Waals surface area contributed by atoms with Crippen molar-refractivity contribution in [2.24, 2.45) is 0 Å². The van der Waals surface area contributed by atoms with E-state index in [4.69, 9.17) is 0 Å². The second kappa shape index (κ2) is 14.6. The van der Waals surface area contributed by atoms with E-state index in [9.17, 15) is 4.79 Å². The van der Waals surface area contributed by atoms with Crippen LogP contribution >= 0.6 is 0 Å². The second-order valence-corrected chi connectivity index (χ2v) is 7.32. The van der Waals surface area contributed by atoms with Crippen LogP contribution in [0, 0.1) is 6.92 Å². The highest BCUT2D eigenvalue weighted by molar-refractivity contribution is 5.96. The standard InChI is InChI=1S/C25H32O.2C2H6/c1-11-21-12-13-22(18(8)14-21)25(24(17(6)7)20(10)26)23(16(4)5)19(9)15(2)3;2*1-2/h11-14,25H,1-2,4H2,3,5-10H3;2*1-2H3/b23-19+;;. The molecule has 1 heteroatoms. The van der Waals surface area contributed by atoms with Crippen LogP contribution in [-0.2, 0) is 4.79 Å². The van der Waals surface area contributed by atoms with Crippen molar-refractivity contribution in [1.82, 2.24) is 0 Å². The maximum atomic E-state index is 12.6. The number of carbonyl (C=O) groups excluding carboxylic acids is 1. The minimum absolute atomic E-state index is 0.0930. The molecule has 0 aliphatic rings. The predicted octanol–water partition coefficient (Wildman–Crippen LogP) is 9.17. The van der Waals surface area contributed by atoms with Gasteiger partial charge in [-0.1, -0.05) is 88.4 Å². The van der Waals surface area contributed by atoms with Crippen molar-refractivity contribution >= 4 is 11.9 Å². The number of allylic oxidation sites excluding steroid dienone is 6. The maximum absolute atomic E-state index is 12.6. The lowest BCUT2D eigenvalue weighted by atomic mass is 9.75. The Bertz CT molecular complexity index is 824. The predicted molar refractivity (Wildman–Crippen MR) is 138 cm³/mol. The molecule has 0 radical (unpaired) electrons. The fraction of sp³-hybridized carbons (Fsp3) is 0.414. The Kier molecular flexibility index (Phi) is 14.5. The number of carbonyl (C=O) groups is 1. The van der Waals surface area contributed by atoms with Crippen molar-refractivity contribution in [3.63, 3.8) is 0 Å². The smallest absolute Gasteiger partial charge is 0.156 e. The van der Waals surface area contributed by atoms with Crippen molar-refractivity contribution in [1.29, 1.82) is 0 Å². The molecule has 1 aromatic carbocycles. The fourth-order valence-electron chi connectivity index (χ4n) is 3.46. The minimum Gasteiger partial charge on any atom is -0.295 e. The summed E-state index contributed by atoms with van der Waals surface area (Å²) in [6, 6.07) is 6.28. The van der Waals surface area contributed by atoms with Gasteiger partial charge in [0.25, 0.3) is 0 Å². The first-order valence-corrected chi connectivity index (χ1v) is 11.0. The SMILES string of the molecule is C=Cc1ccc(C(C(C(C)=O)=C(C)C)/C(C(=C)C)=C(\C)C(=C)C)c(C)c1.CC.CC. The third-order valence-electron chi connectivity index (χ3n) is 4.84. The zero-order valence-electron chi connectivity index (χ0n) is 21.4. The molecule has 0 saturated heterocycles. The van der Waals surface area contributed by atoms with Gasteiger partial charge in [-0.05, 0) is 76.3 Å². The Morgan fingerprint density at radius 3 is 1.67 bits per heavy atom. The Morgan fingerprint density at radius 2 is 1.37 bits per heavy atom. The summed E-state index contributed by atoms with van der Waals surface area (Å²) < 4.78 is 0. The number of hydrogen-bond donors (Lipinski definition) is 0. The summed E-state index contributed by atoms with van der Waals surface area (Å²) in [5, 5.41) is 0. The first-order valence-electron chi connectivity index (χ1n) is 11.0. The Morgan fingerprint density at radius 1 is 0.867 bits per heavy atom. The molecule has 0 aliphatic heterocycles. The van der Waals surface area contributed by atoms with Crippen LogP contribution in [0.15, 0.2) is 71.4 Å². The summed E-state index contributed by atoms with van der Waals surface area (Å²) in [4.78, 5) is 12.6. The van der Waals surface area contributed by atoms with E-state index in [2.05, 4.69) is 51.8 Å². The minimum atomic E-state index is -0.148. The van der Waals surface area contributed by atoms with E-state index in [-0.39, 0.29) is 11.7 Å². The van der Waals surface area contributed by atoms with E-state index < -0.39 is 0 Å². The van der Waals surface area contributed by atoms with Gasteiger partial charge in [-0.25, -0.2) is 0 Å². The van der Waals surface area contributed by atoms with Crippen LogP contribution in [0.5, 0.6) is 0 Å². The molecule has 0 bridgehead atoms. The molecule has 0 spiro atoms. The van der Waals surface area contributed by atoms with E-state index in [1.165, 1.54) is 0 Å². The maximum Gasteiger partial charge on any atom is 0.156 e. The van der Waals surface area contributed by atoms with Crippen LogP contribution in [0.2, 0.25) is 0 Å². The van der Waals surface area contributed by atoms with Gasteiger partial charge in [0, 0.05) is 11.5 Å². The first kappa shape index (κ1) is 29.8. The molecular formula is C29H44O. The molecule has 1 rings (SSSR count). The molecule has 0 aliphatic carbocycles. The molecule has 0 aromatic heterocycles. The van der Waals surface area contributed by atoms with Crippen molar-refractivity contribution in [3.05, 3.63) is 88.1 Å². The molecule has 0 heterocycles. The van der Waals surface area contributed by atoms with Crippen LogP contribution in [0.1, 0.15) is 91.8 Å². The molecule has 0 N–H and O–H groups in total. The summed E-state index contributed by atoms with van der Waals surface area (Å²) in [6.07, 6.45) is 1.84. The van der Waals surface area contributed by atoms with Gasteiger partial charge in [0.15, 0.2) is 5.78 Å². The highest BCUT2D eigenvalue weighted by Crippen LogP contribution is 2.41. The van der Waals surface area contributed by atoms with Gasteiger partial charge in [-0.3, -0.25) is 4.79 Å². The summed E-state index contributed by atoms with van der Waals surface area (Å²) in [5.41, 5.74) is 9.33. The highest BCUT2D eigenvalue weighted by Gasteiger charge is 2.28. The quantitative estimate of drug-likeness (QED) is 0.324. The molecule has 1 atom stereocenters. The number of aryl methyl sites for hydroxylation is 1. The lowest BCUT2D eigenvalue weighted by Gasteiger charge is -2.28. The van der Waals surface area contributed by atoms with Crippen LogP contribution in [0.25, 0.3) is 6.08 Å². The Balaban J connectivity index is 0. The number of benzene rings is 1. The van der Waals surface area contributed by atoms with Crippen LogP contribution < -0.4 is 0 Å². The topological polar surface area (TPSA) is 17.1 Å². The van der Waals surface area contributed by atoms with E-state index >= 15 is 0 Å². The molecule has 0 fully saturated rings. The zero-order valence-corrected chi connectivity index (χ0v) is 21.4. The van der Waals surface area contributed by atoms with E-state index in [0.717, 1.165) is 50.1 Å². The van der Waals surface area contributed by atoms with Crippen molar-refractivity contribution in [2.75, 3.05) is 0 Å². The monoisotopic (exact) mass is 408 g/mol. The average Bonchev–Trinajstić information content (AvgIpc) is 2.69. The molecule has 166 valence electrons. The van der Waals surface area contributed by atoms with Gasteiger partial charge in [-0.15, -0.1) is 0 Å². The Labute approximate surface area is 187 Å². The summed E-state index contributed by atoms with van der Waals surface area (Å²) in [5.74, 6) is -0.0546. The van der Waals surface area contributed by atoms with Gasteiger partial charge in [0.1, 0.15) is 0 Å². The van der Waals surface area contributed by atoms with Gasteiger partial charge in [-0.2, -0.15) is 0 Å². The van der Waals surface area contributed by atoms with Crippen molar-refractivity contribution < 1.29 is 4.79 Å². The first-order chi connectivity index (χ1) is 14.0. The van der Waals surface area contributed by atoms with E-state index in [0.29, 0.717) is 0 Å². The highest BCUT2D eigenvalue weighted by atomic mass is 16.1. The molecule has 1 unspecified atom stereocenters. The van der Waals surface area contributed by atoms with E-state index in [1.807, 2.05) is 61.5 Å². The number of ketones is 1. The summed E-state index contributed by atoms with van der Waals surface area (Å²) in [6.45, 7) is 34.0. The molecule has 0 amide bonds. The molecule has 30 heavy (non-hydrogen) atoms. The molecule has 1 aromatic rings. The van der Waals surface area contributed by atoms with Crippen molar-refractivity contribution in [3.8, 4) is 0 Å². The van der Waals surface area contributed by atoms with Gasteiger partial charge in [0.05, 0.1) is 0 Å². The summed E-state index contributed by atoms with van der Waals surface area (Å²) in [7, 11) is 0. The summed E-state index contributed by atoms with van der Waals surface area (Å²) >= 11 is 0. The van der Waals surface area contributed by atoms with Gasteiger partial charge >= 0.3 is 0 Å². The average molecular weight is 409 g/mol. The molecular weight excluding hydrogens is 364 g/mol. The van der Waals surface area contributed by atoms with Gasteiger partial charge < -0.3 is 0 Å².